The molecule has 0 aliphatic rings. The van der Waals surface area contributed by atoms with Gasteiger partial charge in [0.25, 0.3) is 0 Å². The monoisotopic (exact) mass is 293 g/mol. The van der Waals surface area contributed by atoms with E-state index < -0.39 is 15.8 Å². The van der Waals surface area contributed by atoms with Crippen LogP contribution >= 0.6 is 15.9 Å². The zero-order valence-electron chi connectivity index (χ0n) is 7.70. The summed E-state index contributed by atoms with van der Waals surface area (Å²) < 4.78 is 38.5. The van der Waals surface area contributed by atoms with E-state index in [4.69, 9.17) is 0 Å². The van der Waals surface area contributed by atoms with Crippen molar-refractivity contribution in [2.45, 2.75) is 4.90 Å². The lowest BCUT2D eigenvalue weighted by atomic mass is 10.4. The summed E-state index contributed by atoms with van der Waals surface area (Å²) in [6.07, 6.45) is 0. The maximum atomic E-state index is 12.6. The molecule has 0 atom stereocenters. The Labute approximate surface area is 96.2 Å². The van der Waals surface area contributed by atoms with E-state index in [0.717, 1.165) is 12.1 Å². The van der Waals surface area contributed by atoms with Crippen LogP contribution in [-0.2, 0) is 10.0 Å². The van der Waals surface area contributed by atoms with E-state index in [1.165, 1.54) is 12.1 Å². The molecule has 3 nitrogen and oxygen atoms in total. The van der Waals surface area contributed by atoms with Crippen LogP contribution in [0.25, 0.3) is 0 Å². The van der Waals surface area contributed by atoms with Crippen LogP contribution in [0.1, 0.15) is 0 Å². The largest absolute Gasteiger partial charge is 0.240 e. The van der Waals surface area contributed by atoms with Gasteiger partial charge < -0.3 is 0 Å². The summed E-state index contributed by atoms with van der Waals surface area (Å²) in [5.74, 6) is -0.473. The summed E-state index contributed by atoms with van der Waals surface area (Å²) in [6.45, 7) is 3.59. The predicted octanol–water partition coefficient (Wildman–Crippen LogP) is 2.01. The van der Waals surface area contributed by atoms with Crippen LogP contribution in [-0.4, -0.2) is 15.0 Å². The number of rotatable bonds is 4. The molecule has 1 aromatic carbocycles. The first-order valence-corrected chi connectivity index (χ1v) is 6.28. The van der Waals surface area contributed by atoms with Crippen molar-refractivity contribution in [1.82, 2.24) is 4.72 Å². The van der Waals surface area contributed by atoms with Crippen molar-refractivity contribution >= 4 is 26.0 Å². The normalized spacial score (nSPS) is 11.3. The summed E-state index contributed by atoms with van der Waals surface area (Å²) in [6, 6.07) is 4.60. The predicted molar refractivity (Wildman–Crippen MR) is 59.7 cm³/mol. The van der Waals surface area contributed by atoms with Gasteiger partial charge in [0.1, 0.15) is 5.82 Å². The SMILES string of the molecule is C=C(Br)CNS(=O)(=O)c1ccc(F)cc1. The van der Waals surface area contributed by atoms with Crippen molar-refractivity contribution in [2.24, 2.45) is 0 Å². The van der Waals surface area contributed by atoms with E-state index in [2.05, 4.69) is 27.2 Å². The molecule has 1 N–H and O–H groups in total. The van der Waals surface area contributed by atoms with Crippen LogP contribution < -0.4 is 4.72 Å². The molecule has 0 fully saturated rings. The highest BCUT2D eigenvalue weighted by molar-refractivity contribution is 9.11. The summed E-state index contributed by atoms with van der Waals surface area (Å²) in [5, 5.41) is 0. The summed E-state index contributed by atoms with van der Waals surface area (Å²) in [7, 11) is -3.58. The van der Waals surface area contributed by atoms with Crippen molar-refractivity contribution in [1.29, 1.82) is 0 Å². The van der Waals surface area contributed by atoms with Crippen molar-refractivity contribution in [3.05, 3.63) is 41.1 Å². The maximum Gasteiger partial charge on any atom is 0.240 e. The molecule has 1 rings (SSSR count). The molecular formula is C9H9BrFNO2S. The highest BCUT2D eigenvalue weighted by Gasteiger charge is 2.12. The van der Waals surface area contributed by atoms with Crippen LogP contribution in [0.5, 0.6) is 0 Å². The Bertz CT molecular complexity index is 456. The molecule has 1 aromatic rings. The molecule has 0 radical (unpaired) electrons. The topological polar surface area (TPSA) is 46.2 Å². The molecule has 0 saturated carbocycles. The van der Waals surface area contributed by atoms with E-state index in [0.29, 0.717) is 4.48 Å². The zero-order valence-corrected chi connectivity index (χ0v) is 10.1. The highest BCUT2D eigenvalue weighted by atomic mass is 79.9. The Morgan fingerprint density at radius 3 is 2.40 bits per heavy atom. The lowest BCUT2D eigenvalue weighted by Gasteiger charge is -2.05. The van der Waals surface area contributed by atoms with Gasteiger partial charge in [-0.15, -0.1) is 0 Å². The highest BCUT2D eigenvalue weighted by Crippen LogP contribution is 2.10. The van der Waals surface area contributed by atoms with E-state index in [-0.39, 0.29) is 11.4 Å². The first kappa shape index (κ1) is 12.4. The van der Waals surface area contributed by atoms with E-state index in [9.17, 15) is 12.8 Å². The number of sulfonamides is 1. The third kappa shape index (κ3) is 3.73. The molecule has 0 saturated heterocycles. The number of nitrogens with one attached hydrogen (secondary N) is 1. The second kappa shape index (κ2) is 4.87. The molecular weight excluding hydrogens is 285 g/mol. The number of benzene rings is 1. The Hall–Kier alpha value is -0.720. The minimum absolute atomic E-state index is 0.0256. The molecule has 0 aliphatic carbocycles. The van der Waals surface area contributed by atoms with Crippen LogP contribution in [0, 0.1) is 5.82 Å². The van der Waals surface area contributed by atoms with Gasteiger partial charge in [-0.2, -0.15) is 0 Å². The van der Waals surface area contributed by atoms with Crippen molar-refractivity contribution in [3.8, 4) is 0 Å². The molecule has 0 aliphatic heterocycles. The van der Waals surface area contributed by atoms with Crippen molar-refractivity contribution in [3.63, 3.8) is 0 Å². The Morgan fingerprint density at radius 1 is 1.40 bits per heavy atom. The Kier molecular flexibility index (Phi) is 4.01. The second-order valence-electron chi connectivity index (χ2n) is 2.80. The summed E-state index contributed by atoms with van der Waals surface area (Å²) >= 11 is 3.03. The molecule has 0 bridgehead atoms. The summed E-state index contributed by atoms with van der Waals surface area (Å²) in [4.78, 5) is 0.0256. The average molecular weight is 294 g/mol. The van der Waals surface area contributed by atoms with E-state index in [1.54, 1.807) is 0 Å². The molecule has 6 heteroatoms. The van der Waals surface area contributed by atoms with Crippen LogP contribution in [0.4, 0.5) is 4.39 Å². The van der Waals surface area contributed by atoms with Crippen LogP contribution in [0.2, 0.25) is 0 Å². The number of hydrogen-bond donors (Lipinski definition) is 1. The minimum atomic E-state index is -3.58. The standard InChI is InChI=1S/C9H9BrFNO2S/c1-7(10)6-12-15(13,14)9-4-2-8(11)3-5-9/h2-5,12H,1,6H2. The van der Waals surface area contributed by atoms with Gasteiger partial charge in [0.05, 0.1) is 4.90 Å². The number of hydrogen-bond acceptors (Lipinski definition) is 2. The molecule has 0 spiro atoms. The van der Waals surface area contributed by atoms with Gasteiger partial charge in [0.2, 0.25) is 10.0 Å². The molecule has 0 heterocycles. The first-order chi connectivity index (χ1) is 6.92. The summed E-state index contributed by atoms with van der Waals surface area (Å²) in [5.41, 5.74) is 0. The quantitative estimate of drug-likeness (QED) is 0.923. The van der Waals surface area contributed by atoms with Gasteiger partial charge in [-0.05, 0) is 24.3 Å². The van der Waals surface area contributed by atoms with Gasteiger partial charge in [-0.1, -0.05) is 22.5 Å². The molecule has 0 unspecified atom stereocenters. The van der Waals surface area contributed by atoms with Gasteiger partial charge >= 0.3 is 0 Å². The minimum Gasteiger partial charge on any atom is -0.207 e. The van der Waals surface area contributed by atoms with Gasteiger partial charge in [-0.25, -0.2) is 17.5 Å². The van der Waals surface area contributed by atoms with Crippen LogP contribution in [0.15, 0.2) is 40.2 Å². The van der Waals surface area contributed by atoms with Gasteiger partial charge in [-0.3, -0.25) is 0 Å². The van der Waals surface area contributed by atoms with E-state index >= 15 is 0 Å². The smallest absolute Gasteiger partial charge is 0.207 e. The Balaban J connectivity index is 2.87. The first-order valence-electron chi connectivity index (χ1n) is 4.00. The average Bonchev–Trinajstić information content (AvgIpc) is 2.16. The van der Waals surface area contributed by atoms with Crippen molar-refractivity contribution in [2.75, 3.05) is 6.54 Å². The third-order valence-corrected chi connectivity index (χ3v) is 3.28. The lowest BCUT2D eigenvalue weighted by Crippen LogP contribution is -2.24. The second-order valence-corrected chi connectivity index (χ2v) is 5.68. The molecule has 82 valence electrons. The number of halogens is 2. The van der Waals surface area contributed by atoms with Gasteiger partial charge in [0.15, 0.2) is 0 Å². The lowest BCUT2D eigenvalue weighted by molar-refractivity contribution is 0.584. The molecule has 15 heavy (non-hydrogen) atoms. The fraction of sp³-hybridized carbons (Fsp3) is 0.111. The third-order valence-electron chi connectivity index (χ3n) is 1.58. The maximum absolute atomic E-state index is 12.6. The fourth-order valence-corrected chi connectivity index (χ4v) is 2.22. The molecule has 0 amide bonds. The van der Waals surface area contributed by atoms with Crippen LogP contribution in [0.3, 0.4) is 0 Å². The van der Waals surface area contributed by atoms with Gasteiger partial charge in [0, 0.05) is 11.0 Å². The molecule has 0 aromatic heterocycles. The van der Waals surface area contributed by atoms with Crippen molar-refractivity contribution < 1.29 is 12.8 Å². The van der Waals surface area contributed by atoms with E-state index in [1.807, 2.05) is 0 Å². The Morgan fingerprint density at radius 2 is 1.93 bits per heavy atom. The fourth-order valence-electron chi connectivity index (χ4n) is 0.870. The zero-order chi connectivity index (χ0) is 11.5.